The predicted molar refractivity (Wildman–Crippen MR) is 120 cm³/mol. The number of rotatable bonds is 4. The molecule has 1 unspecified atom stereocenters. The minimum Gasteiger partial charge on any atom is -0.353 e. The minimum atomic E-state index is -0.419. The largest absolute Gasteiger partial charge is 0.353 e. The first-order valence-electron chi connectivity index (χ1n) is 8.33. The number of anilines is 1. The second kappa shape index (κ2) is 10.3. The zero-order valence-corrected chi connectivity index (χ0v) is 18.6. The van der Waals surface area contributed by atoms with E-state index in [0.717, 1.165) is 30.9 Å². The molecule has 0 bridgehead atoms. The van der Waals surface area contributed by atoms with Gasteiger partial charge in [-0.05, 0) is 36.2 Å². The highest BCUT2D eigenvalue weighted by Gasteiger charge is 2.25. The Morgan fingerprint density at radius 2 is 2.15 bits per heavy atom. The van der Waals surface area contributed by atoms with Gasteiger partial charge in [0.1, 0.15) is 11.6 Å². The third kappa shape index (κ3) is 5.83. The van der Waals surface area contributed by atoms with E-state index in [9.17, 15) is 4.39 Å². The summed E-state index contributed by atoms with van der Waals surface area (Å²) >= 11 is 12.0. The highest BCUT2D eigenvalue weighted by atomic mass is 127. The van der Waals surface area contributed by atoms with Gasteiger partial charge in [-0.2, -0.15) is 0 Å². The van der Waals surface area contributed by atoms with Gasteiger partial charge in [-0.15, -0.1) is 24.0 Å². The minimum absolute atomic E-state index is 0. The Balaban J connectivity index is 0.00000261. The van der Waals surface area contributed by atoms with Gasteiger partial charge in [0.05, 0.1) is 10.0 Å². The Labute approximate surface area is 185 Å². The number of benzene rings is 1. The van der Waals surface area contributed by atoms with E-state index in [0.29, 0.717) is 17.5 Å². The predicted octanol–water partition coefficient (Wildman–Crippen LogP) is 4.09. The van der Waals surface area contributed by atoms with Crippen LogP contribution in [-0.2, 0) is 6.54 Å². The summed E-state index contributed by atoms with van der Waals surface area (Å²) in [7, 11) is 1.72. The molecule has 1 aliphatic heterocycles. The molecule has 2 heterocycles. The average Bonchev–Trinajstić information content (AvgIpc) is 3.10. The van der Waals surface area contributed by atoms with Crippen LogP contribution in [0.4, 0.5) is 10.2 Å². The molecular formula is C18H21Cl2FIN5. The summed E-state index contributed by atoms with van der Waals surface area (Å²) in [5.74, 6) is 1.07. The lowest BCUT2D eigenvalue weighted by Crippen LogP contribution is -2.44. The monoisotopic (exact) mass is 523 g/mol. The molecule has 1 fully saturated rings. The summed E-state index contributed by atoms with van der Waals surface area (Å²) in [4.78, 5) is 10.8. The van der Waals surface area contributed by atoms with Crippen molar-refractivity contribution < 1.29 is 4.39 Å². The van der Waals surface area contributed by atoms with Crippen LogP contribution >= 0.6 is 47.2 Å². The summed E-state index contributed by atoms with van der Waals surface area (Å²) in [6, 6.07) is 8.57. The van der Waals surface area contributed by atoms with Gasteiger partial charge in [-0.1, -0.05) is 29.3 Å². The molecule has 0 saturated carbocycles. The van der Waals surface area contributed by atoms with Crippen LogP contribution < -0.4 is 15.5 Å². The standard InChI is InChI=1S/C18H20Cl2FN5.HI/c1-22-18(24-10-12-4-5-16(21)15(20)9-12)25-13-6-8-26(11-13)17-14(19)3-2-7-23-17;/h2-5,7,9,13H,6,8,10-11H2,1H3,(H2,22,24,25);1H. The molecule has 27 heavy (non-hydrogen) atoms. The zero-order valence-electron chi connectivity index (χ0n) is 14.8. The smallest absolute Gasteiger partial charge is 0.191 e. The quantitative estimate of drug-likeness (QED) is 0.360. The average molecular weight is 524 g/mol. The fourth-order valence-electron chi connectivity index (χ4n) is 2.90. The van der Waals surface area contributed by atoms with E-state index < -0.39 is 5.82 Å². The van der Waals surface area contributed by atoms with Crippen LogP contribution in [0.1, 0.15) is 12.0 Å². The van der Waals surface area contributed by atoms with Gasteiger partial charge < -0.3 is 15.5 Å². The van der Waals surface area contributed by atoms with Gasteiger partial charge >= 0.3 is 0 Å². The van der Waals surface area contributed by atoms with Crippen molar-refractivity contribution in [2.45, 2.75) is 19.0 Å². The van der Waals surface area contributed by atoms with E-state index in [1.807, 2.05) is 12.1 Å². The number of hydrogen-bond donors (Lipinski definition) is 2. The Morgan fingerprint density at radius 1 is 1.33 bits per heavy atom. The molecule has 1 aromatic carbocycles. The zero-order chi connectivity index (χ0) is 18.5. The maximum atomic E-state index is 13.2. The molecule has 1 atom stereocenters. The molecular weight excluding hydrogens is 503 g/mol. The van der Waals surface area contributed by atoms with Crippen molar-refractivity contribution in [2.75, 3.05) is 25.0 Å². The van der Waals surface area contributed by atoms with Crippen LogP contribution in [0, 0.1) is 5.82 Å². The van der Waals surface area contributed by atoms with Gasteiger partial charge in [0.2, 0.25) is 0 Å². The lowest BCUT2D eigenvalue weighted by Gasteiger charge is -2.20. The van der Waals surface area contributed by atoms with Crippen molar-refractivity contribution in [3.8, 4) is 0 Å². The second-order valence-electron chi connectivity index (χ2n) is 6.06. The molecule has 0 radical (unpaired) electrons. The molecule has 1 saturated heterocycles. The third-order valence-corrected chi connectivity index (χ3v) is 4.82. The van der Waals surface area contributed by atoms with E-state index in [-0.39, 0.29) is 35.0 Å². The molecule has 2 N–H and O–H groups in total. The molecule has 5 nitrogen and oxygen atoms in total. The van der Waals surface area contributed by atoms with Crippen LogP contribution in [0.15, 0.2) is 41.5 Å². The maximum Gasteiger partial charge on any atom is 0.191 e. The van der Waals surface area contributed by atoms with Gasteiger partial charge in [0, 0.05) is 38.9 Å². The lowest BCUT2D eigenvalue weighted by atomic mass is 10.2. The van der Waals surface area contributed by atoms with Crippen LogP contribution in [-0.4, -0.2) is 37.1 Å². The SMILES string of the molecule is CN=C(NCc1ccc(F)c(Cl)c1)NC1CCN(c2ncccc2Cl)C1.I. The molecule has 1 aliphatic rings. The molecule has 1 aromatic heterocycles. The number of pyridine rings is 1. The van der Waals surface area contributed by atoms with Crippen molar-refractivity contribution in [3.05, 3.63) is 58.0 Å². The number of hydrogen-bond acceptors (Lipinski definition) is 3. The van der Waals surface area contributed by atoms with Gasteiger partial charge in [0.25, 0.3) is 0 Å². The van der Waals surface area contributed by atoms with E-state index >= 15 is 0 Å². The fourth-order valence-corrected chi connectivity index (χ4v) is 3.35. The van der Waals surface area contributed by atoms with Crippen LogP contribution in [0.25, 0.3) is 0 Å². The molecule has 0 aliphatic carbocycles. The Morgan fingerprint density at radius 3 is 2.85 bits per heavy atom. The van der Waals surface area contributed by atoms with E-state index in [1.165, 1.54) is 6.07 Å². The van der Waals surface area contributed by atoms with Crippen molar-refractivity contribution >= 4 is 59.0 Å². The van der Waals surface area contributed by atoms with Crippen LogP contribution in [0.5, 0.6) is 0 Å². The molecule has 146 valence electrons. The van der Waals surface area contributed by atoms with Crippen LogP contribution in [0.2, 0.25) is 10.0 Å². The Kier molecular flexibility index (Phi) is 8.37. The summed E-state index contributed by atoms with van der Waals surface area (Å²) in [6.45, 7) is 2.17. The maximum absolute atomic E-state index is 13.2. The van der Waals surface area contributed by atoms with Crippen molar-refractivity contribution in [3.63, 3.8) is 0 Å². The number of aliphatic imine (C=N–C) groups is 1. The number of nitrogens with zero attached hydrogens (tertiary/aromatic N) is 3. The first-order valence-corrected chi connectivity index (χ1v) is 9.09. The second-order valence-corrected chi connectivity index (χ2v) is 6.87. The number of nitrogens with one attached hydrogen (secondary N) is 2. The Hall–Kier alpha value is -1.32. The van der Waals surface area contributed by atoms with Crippen molar-refractivity contribution in [1.82, 2.24) is 15.6 Å². The van der Waals surface area contributed by atoms with Crippen LogP contribution in [0.3, 0.4) is 0 Å². The Bertz CT molecular complexity index is 805. The molecule has 2 aromatic rings. The molecule has 0 spiro atoms. The van der Waals surface area contributed by atoms with E-state index in [2.05, 4.69) is 25.5 Å². The highest BCUT2D eigenvalue weighted by molar-refractivity contribution is 14.0. The summed E-state index contributed by atoms with van der Waals surface area (Å²) < 4.78 is 13.2. The number of guanidine groups is 1. The number of halogens is 4. The molecule has 3 rings (SSSR count). The summed E-state index contributed by atoms with van der Waals surface area (Å²) in [6.07, 6.45) is 2.70. The summed E-state index contributed by atoms with van der Waals surface area (Å²) in [5, 5.41) is 7.40. The summed E-state index contributed by atoms with van der Waals surface area (Å²) in [5.41, 5.74) is 0.882. The van der Waals surface area contributed by atoms with E-state index in [4.69, 9.17) is 23.2 Å². The highest BCUT2D eigenvalue weighted by Crippen LogP contribution is 2.25. The topological polar surface area (TPSA) is 52.6 Å². The van der Waals surface area contributed by atoms with Gasteiger partial charge in [-0.25, -0.2) is 9.37 Å². The third-order valence-electron chi connectivity index (χ3n) is 4.24. The van der Waals surface area contributed by atoms with Gasteiger partial charge in [-0.3, -0.25) is 4.99 Å². The van der Waals surface area contributed by atoms with Crippen molar-refractivity contribution in [1.29, 1.82) is 0 Å². The normalized spacial score (nSPS) is 16.8. The molecule has 9 heteroatoms. The fraction of sp³-hybridized carbons (Fsp3) is 0.333. The number of aromatic nitrogens is 1. The molecule has 0 amide bonds. The lowest BCUT2D eigenvalue weighted by molar-refractivity contribution is 0.626. The first-order chi connectivity index (χ1) is 12.6. The first kappa shape index (κ1) is 22.0. The van der Waals surface area contributed by atoms with Crippen molar-refractivity contribution in [2.24, 2.45) is 4.99 Å². The van der Waals surface area contributed by atoms with Gasteiger partial charge in [0.15, 0.2) is 5.96 Å². The van der Waals surface area contributed by atoms with E-state index in [1.54, 1.807) is 25.4 Å².